The summed E-state index contributed by atoms with van der Waals surface area (Å²) >= 11 is 1.18. The molecule has 0 aromatic heterocycles. The quantitative estimate of drug-likeness (QED) is 0.456. The second kappa shape index (κ2) is 8.08. The summed E-state index contributed by atoms with van der Waals surface area (Å²) in [4.78, 5) is 28.9. The van der Waals surface area contributed by atoms with Gasteiger partial charge in [-0.3, -0.25) is 9.59 Å². The number of methoxy groups -OCH3 is 1. The molecule has 0 radical (unpaired) electrons. The number of thioether (sulfide) groups is 1. The Balaban J connectivity index is 1.51. The van der Waals surface area contributed by atoms with Gasteiger partial charge in [0.2, 0.25) is 0 Å². The Morgan fingerprint density at radius 3 is 2.66 bits per heavy atom. The number of nitrogens with zero attached hydrogens (tertiary/aromatic N) is 1. The summed E-state index contributed by atoms with van der Waals surface area (Å²) in [5.41, 5.74) is 1.26. The standard InChI is InChI=1S/C21H17FN2O4S/c1-27-17-10-12(2-9-16(17)28-20(26)13-3-4-13)11-18-19(25)24-21(29-18)23-15-7-5-14(22)6-8-15/h2,5-11,13H,3-4H2,1H3,(H,23,24,25)/b18-11-. The average molecular weight is 412 g/mol. The first-order valence-corrected chi connectivity index (χ1v) is 9.78. The molecule has 2 aliphatic rings. The summed E-state index contributed by atoms with van der Waals surface area (Å²) in [5, 5.41) is 3.10. The van der Waals surface area contributed by atoms with Crippen molar-refractivity contribution in [3.05, 3.63) is 58.8 Å². The number of aliphatic imine (C=N–C) groups is 1. The van der Waals surface area contributed by atoms with Crippen molar-refractivity contribution in [2.45, 2.75) is 12.8 Å². The van der Waals surface area contributed by atoms with Gasteiger partial charge in [0.25, 0.3) is 5.91 Å². The molecule has 2 fully saturated rings. The van der Waals surface area contributed by atoms with Gasteiger partial charge in [0.05, 0.1) is 23.6 Å². The summed E-state index contributed by atoms with van der Waals surface area (Å²) in [7, 11) is 1.49. The van der Waals surface area contributed by atoms with Gasteiger partial charge in [0.1, 0.15) is 5.82 Å². The molecule has 0 unspecified atom stereocenters. The number of esters is 1. The van der Waals surface area contributed by atoms with Gasteiger partial charge in [-0.1, -0.05) is 6.07 Å². The van der Waals surface area contributed by atoms with Gasteiger partial charge in [-0.2, -0.15) is 0 Å². The van der Waals surface area contributed by atoms with Crippen LogP contribution in [-0.2, 0) is 9.59 Å². The molecule has 1 aliphatic heterocycles. The molecular formula is C21H17FN2O4S. The maximum Gasteiger partial charge on any atom is 0.314 e. The molecule has 8 heteroatoms. The number of halogens is 1. The van der Waals surface area contributed by atoms with Crippen LogP contribution in [0.25, 0.3) is 6.08 Å². The monoisotopic (exact) mass is 412 g/mol. The van der Waals surface area contributed by atoms with Crippen LogP contribution in [0.2, 0.25) is 0 Å². The number of benzene rings is 2. The fraction of sp³-hybridized carbons (Fsp3) is 0.190. The fourth-order valence-electron chi connectivity index (χ4n) is 2.63. The number of carbonyl (C=O) groups excluding carboxylic acids is 2. The van der Waals surface area contributed by atoms with E-state index in [1.54, 1.807) is 24.3 Å². The van der Waals surface area contributed by atoms with E-state index in [4.69, 9.17) is 9.47 Å². The zero-order valence-corrected chi connectivity index (χ0v) is 16.3. The molecule has 4 rings (SSSR count). The number of nitrogens with one attached hydrogen (secondary N) is 1. The molecule has 0 atom stereocenters. The van der Waals surface area contributed by atoms with E-state index in [0.717, 1.165) is 12.8 Å². The van der Waals surface area contributed by atoms with E-state index in [0.29, 0.717) is 32.8 Å². The second-order valence-corrected chi connectivity index (χ2v) is 7.59. The number of hydrogen-bond donors (Lipinski definition) is 1. The predicted molar refractivity (Wildman–Crippen MR) is 109 cm³/mol. The van der Waals surface area contributed by atoms with Crippen LogP contribution in [0, 0.1) is 11.7 Å². The molecule has 1 heterocycles. The third-order valence-corrected chi connectivity index (χ3v) is 5.22. The van der Waals surface area contributed by atoms with Crippen LogP contribution < -0.4 is 14.8 Å². The van der Waals surface area contributed by atoms with Crippen molar-refractivity contribution >= 4 is 40.6 Å². The number of ether oxygens (including phenoxy) is 2. The zero-order valence-electron chi connectivity index (χ0n) is 15.5. The smallest absolute Gasteiger partial charge is 0.314 e. The predicted octanol–water partition coefficient (Wildman–Crippen LogP) is 4.04. The lowest BCUT2D eigenvalue weighted by Crippen LogP contribution is -2.19. The van der Waals surface area contributed by atoms with Gasteiger partial charge in [-0.25, -0.2) is 9.38 Å². The van der Waals surface area contributed by atoms with E-state index >= 15 is 0 Å². The second-order valence-electron chi connectivity index (χ2n) is 6.56. The lowest BCUT2D eigenvalue weighted by atomic mass is 10.2. The molecule has 29 heavy (non-hydrogen) atoms. The molecule has 2 aromatic carbocycles. The Morgan fingerprint density at radius 1 is 1.21 bits per heavy atom. The molecule has 1 N–H and O–H groups in total. The summed E-state index contributed by atoms with van der Waals surface area (Å²) in [6, 6.07) is 10.8. The van der Waals surface area contributed by atoms with E-state index in [-0.39, 0.29) is 23.6 Å². The van der Waals surface area contributed by atoms with Crippen LogP contribution in [0.3, 0.4) is 0 Å². The SMILES string of the molecule is COc1cc(/C=C2\SC(=Nc3ccc(F)cc3)NC2=O)ccc1OC(=O)C1CC1. The average Bonchev–Trinajstić information content (AvgIpc) is 3.50. The third-order valence-electron chi connectivity index (χ3n) is 4.31. The summed E-state index contributed by atoms with van der Waals surface area (Å²) < 4.78 is 23.7. The van der Waals surface area contributed by atoms with Gasteiger partial charge < -0.3 is 14.8 Å². The Kier molecular flexibility index (Phi) is 5.35. The van der Waals surface area contributed by atoms with Crippen molar-refractivity contribution in [3.63, 3.8) is 0 Å². The molecule has 1 amide bonds. The molecule has 6 nitrogen and oxygen atoms in total. The highest BCUT2D eigenvalue weighted by atomic mass is 32.2. The van der Waals surface area contributed by atoms with E-state index in [1.165, 1.54) is 43.1 Å². The van der Waals surface area contributed by atoms with Gasteiger partial charge in [-0.05, 0) is 72.6 Å². The zero-order chi connectivity index (χ0) is 20.4. The number of hydrogen-bond acceptors (Lipinski definition) is 6. The largest absolute Gasteiger partial charge is 0.493 e. The minimum Gasteiger partial charge on any atom is -0.493 e. The molecule has 0 bridgehead atoms. The van der Waals surface area contributed by atoms with Crippen molar-refractivity contribution in [1.29, 1.82) is 0 Å². The summed E-state index contributed by atoms with van der Waals surface area (Å²) in [5.74, 6) is -0.122. The van der Waals surface area contributed by atoms with Crippen LogP contribution in [-0.4, -0.2) is 24.2 Å². The van der Waals surface area contributed by atoms with Gasteiger partial charge in [0.15, 0.2) is 16.7 Å². The Hall–Kier alpha value is -3.13. The molecule has 1 saturated carbocycles. The Morgan fingerprint density at radius 2 is 1.97 bits per heavy atom. The molecule has 1 saturated heterocycles. The van der Waals surface area contributed by atoms with Crippen LogP contribution in [0.5, 0.6) is 11.5 Å². The van der Waals surface area contributed by atoms with Crippen LogP contribution in [0.1, 0.15) is 18.4 Å². The van der Waals surface area contributed by atoms with E-state index < -0.39 is 0 Å². The van der Waals surface area contributed by atoms with Crippen molar-refractivity contribution in [2.75, 3.05) is 7.11 Å². The topological polar surface area (TPSA) is 77.0 Å². The summed E-state index contributed by atoms with van der Waals surface area (Å²) in [6.45, 7) is 0. The number of rotatable bonds is 5. The van der Waals surface area contributed by atoms with Gasteiger partial charge >= 0.3 is 5.97 Å². The van der Waals surface area contributed by atoms with Crippen molar-refractivity contribution in [3.8, 4) is 11.5 Å². The maximum absolute atomic E-state index is 13.0. The van der Waals surface area contributed by atoms with E-state index in [1.807, 2.05) is 0 Å². The minimum absolute atomic E-state index is 0.0149. The first-order chi connectivity index (χ1) is 14.0. The van der Waals surface area contributed by atoms with Crippen molar-refractivity contribution < 1.29 is 23.5 Å². The highest BCUT2D eigenvalue weighted by Gasteiger charge is 2.32. The number of amides is 1. The first kappa shape index (κ1) is 19.2. The third kappa shape index (κ3) is 4.65. The molecule has 2 aromatic rings. The minimum atomic E-state index is -0.349. The van der Waals surface area contributed by atoms with Crippen LogP contribution >= 0.6 is 11.8 Å². The molecule has 1 aliphatic carbocycles. The lowest BCUT2D eigenvalue weighted by molar-refractivity contribution is -0.135. The molecule has 148 valence electrons. The van der Waals surface area contributed by atoms with Crippen LogP contribution in [0.4, 0.5) is 10.1 Å². The molecule has 0 spiro atoms. The summed E-state index contributed by atoms with van der Waals surface area (Å²) in [6.07, 6.45) is 3.42. The van der Waals surface area contributed by atoms with Gasteiger partial charge in [-0.15, -0.1) is 0 Å². The van der Waals surface area contributed by atoms with Crippen molar-refractivity contribution in [1.82, 2.24) is 5.32 Å². The van der Waals surface area contributed by atoms with E-state index in [9.17, 15) is 14.0 Å². The number of amidine groups is 1. The maximum atomic E-state index is 13.0. The lowest BCUT2D eigenvalue weighted by Gasteiger charge is -2.09. The molecular weight excluding hydrogens is 395 g/mol. The number of carbonyl (C=O) groups is 2. The fourth-order valence-corrected chi connectivity index (χ4v) is 3.48. The normalized spacial score (nSPS) is 18.8. The Bertz CT molecular complexity index is 1030. The first-order valence-electron chi connectivity index (χ1n) is 8.97. The highest BCUT2D eigenvalue weighted by Crippen LogP contribution is 2.35. The Labute approximate surface area is 170 Å². The highest BCUT2D eigenvalue weighted by molar-refractivity contribution is 8.18. The van der Waals surface area contributed by atoms with Crippen molar-refractivity contribution in [2.24, 2.45) is 10.9 Å². The van der Waals surface area contributed by atoms with Gasteiger partial charge in [0, 0.05) is 0 Å². The van der Waals surface area contributed by atoms with Crippen LogP contribution in [0.15, 0.2) is 52.4 Å². The van der Waals surface area contributed by atoms with E-state index in [2.05, 4.69) is 10.3 Å².